The minimum Gasteiger partial charge on any atom is -0.226 e. The molecule has 0 saturated heterocycles. The van der Waals surface area contributed by atoms with Crippen molar-refractivity contribution in [2.24, 2.45) is 0 Å². The van der Waals surface area contributed by atoms with Gasteiger partial charge in [-0.25, -0.2) is 33.4 Å². The monoisotopic (exact) mass is 1950 g/mol. The van der Waals surface area contributed by atoms with Crippen LogP contribution >= 0.6 is 0 Å². The van der Waals surface area contributed by atoms with Crippen LogP contribution in [0.2, 0.25) is 0 Å². The molecule has 3 radical (unpaired) electrons. The van der Waals surface area contributed by atoms with Crippen LogP contribution in [0.25, 0.3) is 65.7 Å². The van der Waals surface area contributed by atoms with Gasteiger partial charge in [-0.3, -0.25) is 0 Å². The predicted molar refractivity (Wildman–Crippen MR) is 581 cm³/mol. The van der Waals surface area contributed by atoms with Crippen molar-refractivity contribution in [2.45, 2.75) is 291 Å². The van der Waals surface area contributed by atoms with Crippen LogP contribution in [0.15, 0.2) is 291 Å². The van der Waals surface area contributed by atoms with Crippen molar-refractivity contribution in [3.05, 3.63) is 428 Å². The summed E-state index contributed by atoms with van der Waals surface area (Å²) >= 11 is 0. The quantitative estimate of drug-likeness (QED) is 0.155. The van der Waals surface area contributed by atoms with Crippen molar-refractivity contribution in [2.75, 3.05) is 0 Å². The molecule has 3 heteroatoms. The average Bonchev–Trinajstić information content (AvgIpc) is 0.806. The first-order valence-electron chi connectivity index (χ1n) is 47.4. The van der Waals surface area contributed by atoms with Crippen LogP contribution in [-0.4, -0.2) is 0 Å². The summed E-state index contributed by atoms with van der Waals surface area (Å²) in [5.74, 6) is 0. The molecule has 0 spiro atoms. The van der Waals surface area contributed by atoms with E-state index in [4.69, 9.17) is 0 Å². The van der Waals surface area contributed by atoms with Gasteiger partial charge in [-0.1, -0.05) is 423 Å². The van der Waals surface area contributed by atoms with Crippen molar-refractivity contribution < 1.29 is 98.1 Å². The Morgan fingerprint density at radius 2 is 0.395 bits per heavy atom. The second-order valence-corrected chi connectivity index (χ2v) is 26.9. The van der Waals surface area contributed by atoms with Crippen molar-refractivity contribution >= 4 is 32.3 Å². The van der Waals surface area contributed by atoms with E-state index < -0.39 is 0 Å². The maximum absolute atomic E-state index is 3.32. The summed E-state index contributed by atoms with van der Waals surface area (Å²) < 4.78 is 0. The number of hydrogen-bond acceptors (Lipinski definition) is 0. The first-order valence-corrected chi connectivity index (χ1v) is 47.4. The SMILES string of the molecule is CC.CC.CC.CC.CC.CC.CC.CC.CC.CC.CC.CC.Cc1[c-]c(-c2[c-]c(C)ccc2)ccc1.Cc1c[c-]c(-c2[c-]cc(C)cc2)cc1.Cc1c[c-]c(-c2[c-]ccc(C)c2)cc1.Cc1ccc(C)c2ccccc12.Cc1ccc(C)cc1.Cc1ccc2cc(C)ccc2c1.Cc1cccc(C)c1.Cc1cccc2c(C)cccc12.Cc1ccccc1C.[Y].[Y].[Y]. The Morgan fingerprint density at radius 3 is 0.667 bits per heavy atom. The van der Waals surface area contributed by atoms with Crippen molar-refractivity contribution in [1.82, 2.24) is 0 Å². The summed E-state index contributed by atoms with van der Waals surface area (Å²) in [5.41, 5.74) is 30.1. The number of fused-ring (bicyclic) bond motifs is 3. The molecule has 15 aromatic rings. The first kappa shape index (κ1) is 139. The van der Waals surface area contributed by atoms with E-state index in [1.807, 2.05) is 190 Å². The van der Waals surface area contributed by atoms with Gasteiger partial charge in [0.2, 0.25) is 0 Å². The fraction of sp³-hybridized carbons (Fsp3) is 0.333. The molecule has 15 rings (SSSR count). The smallest absolute Gasteiger partial charge is 0 e. The summed E-state index contributed by atoms with van der Waals surface area (Å²) in [6, 6.07) is 121. The third-order valence-electron chi connectivity index (χ3n) is 17.3. The molecule has 0 bridgehead atoms. The summed E-state index contributed by atoms with van der Waals surface area (Å²) in [6.07, 6.45) is 0. The minimum atomic E-state index is 0. The zero-order chi connectivity index (χ0) is 97.5. The van der Waals surface area contributed by atoms with E-state index in [1.54, 1.807) is 0 Å². The van der Waals surface area contributed by atoms with Crippen LogP contribution in [-0.2, 0) is 98.1 Å². The summed E-state index contributed by atoms with van der Waals surface area (Å²) in [7, 11) is 0. The van der Waals surface area contributed by atoms with Crippen LogP contribution in [0.1, 0.15) is 266 Å². The fourth-order valence-corrected chi connectivity index (χ4v) is 11.0. The molecule has 0 saturated carbocycles. The number of hydrogen-bond donors (Lipinski definition) is 0. The van der Waals surface area contributed by atoms with E-state index in [0.717, 1.165) is 44.5 Å². The largest absolute Gasteiger partial charge is 0.226 e. The molecule has 0 nitrogen and oxygen atoms in total. The maximum atomic E-state index is 3.32. The molecule has 0 amide bonds. The molecule has 0 fully saturated rings. The normalized spacial score (nSPS) is 8.51. The van der Waals surface area contributed by atoms with Gasteiger partial charge in [0, 0.05) is 98.1 Å². The number of benzene rings is 15. The summed E-state index contributed by atoms with van der Waals surface area (Å²) in [4.78, 5) is 0. The number of rotatable bonds is 3. The standard InChI is InChI=1S/3C14H12.3C12H12.3C8H10.12C2H6.3Y/c1-11-3-7-13(8-4-11)14-9-5-12(2)6-10-14;1-11-5-3-7-13(9-11)14-8-4-6-12(2)10-14;1-11-6-8-13(9-7-11)14-5-3-4-12(2)10-14;1-9-3-5-12-8-10(2)4-6-11(12)7-9;1-9-5-3-8-12-10(2)6-4-7-11(9)12;1-9-7-8-10(2)12-6-4-3-5-11(9)12;1-7-3-5-8(2)6-4-7;1-7-4-3-5-8(2)6-7;1-7-5-3-4-6-8(7)2;12*1-2;;;/h3-7,9H,1-2H3;3-8H,1-2H3;3-4,6-8,10H,1-2H3;3*3-8H,1-2H3;3*3-6H,1-2H3;12*1-2H3;;;/q3*-2;;;;;;;;;;;;;;;;;;;;;. The maximum Gasteiger partial charge on any atom is 0 e. The molecule has 693 valence electrons. The Labute approximate surface area is 873 Å². The molecule has 0 aromatic heterocycles. The van der Waals surface area contributed by atoms with Crippen LogP contribution in [0.3, 0.4) is 0 Å². The zero-order valence-electron chi connectivity index (χ0n) is 89.4. The molecule has 15 aromatic carbocycles. The molecule has 0 aliphatic rings. The summed E-state index contributed by atoms with van der Waals surface area (Å²) in [6.45, 7) is 85.9. The third-order valence-corrected chi connectivity index (χ3v) is 17.3. The molecule has 0 N–H and O–H groups in total. The Hall–Kier alpha value is -7.61. The predicted octanol–water partition coefficient (Wildman–Crippen LogP) is 40.3. The Morgan fingerprint density at radius 1 is 0.155 bits per heavy atom. The van der Waals surface area contributed by atoms with E-state index in [1.165, 1.54) is 121 Å². The molecule has 129 heavy (non-hydrogen) atoms. The van der Waals surface area contributed by atoms with Gasteiger partial charge in [-0.2, -0.15) is 127 Å². The zero-order valence-corrected chi connectivity index (χ0v) is 98.0. The minimum absolute atomic E-state index is 0. The van der Waals surface area contributed by atoms with Crippen molar-refractivity contribution in [1.29, 1.82) is 0 Å². The topological polar surface area (TPSA) is 0 Å². The molecule has 0 heterocycles. The number of aryl methyl sites for hydroxylation is 18. The Bertz CT molecular complexity index is 4740. The fourth-order valence-electron chi connectivity index (χ4n) is 11.0. The van der Waals surface area contributed by atoms with Crippen LogP contribution < -0.4 is 0 Å². The van der Waals surface area contributed by atoms with Gasteiger partial charge in [0.05, 0.1) is 0 Å². The molecular formula is C126H174Y3-6. The van der Waals surface area contributed by atoms with Gasteiger partial charge in [-0.05, 0) is 149 Å². The van der Waals surface area contributed by atoms with Gasteiger partial charge in [-0.15, -0.1) is 51.6 Å². The van der Waals surface area contributed by atoms with E-state index in [2.05, 4.69) is 428 Å². The van der Waals surface area contributed by atoms with E-state index in [0.29, 0.717) is 0 Å². The summed E-state index contributed by atoms with van der Waals surface area (Å²) in [5, 5.41) is 8.16. The van der Waals surface area contributed by atoms with E-state index in [-0.39, 0.29) is 98.1 Å². The van der Waals surface area contributed by atoms with E-state index >= 15 is 0 Å². The van der Waals surface area contributed by atoms with Crippen LogP contribution in [0.4, 0.5) is 0 Å². The molecule has 0 aliphatic heterocycles. The van der Waals surface area contributed by atoms with Crippen molar-refractivity contribution in [3.63, 3.8) is 0 Å². The molecular weight excluding hydrogens is 1780 g/mol. The first-order chi connectivity index (χ1) is 61.0. The Balaban J connectivity index is -0.000000174. The van der Waals surface area contributed by atoms with Gasteiger partial charge in [0.1, 0.15) is 0 Å². The second-order valence-electron chi connectivity index (χ2n) is 26.9. The van der Waals surface area contributed by atoms with Gasteiger partial charge >= 0.3 is 0 Å². The van der Waals surface area contributed by atoms with Gasteiger partial charge < -0.3 is 0 Å². The second kappa shape index (κ2) is 92.3. The molecule has 0 unspecified atom stereocenters. The van der Waals surface area contributed by atoms with Crippen molar-refractivity contribution in [3.8, 4) is 33.4 Å². The average molecular weight is 1960 g/mol. The Kier molecular flexibility index (Phi) is 99.6. The molecule has 0 atom stereocenters. The molecule has 0 aliphatic carbocycles. The van der Waals surface area contributed by atoms with Gasteiger partial charge in [0.25, 0.3) is 0 Å². The third kappa shape index (κ3) is 61.7. The van der Waals surface area contributed by atoms with E-state index in [9.17, 15) is 0 Å². The van der Waals surface area contributed by atoms with Gasteiger partial charge in [0.15, 0.2) is 0 Å². The van der Waals surface area contributed by atoms with Crippen LogP contribution in [0, 0.1) is 161 Å². The van der Waals surface area contributed by atoms with Crippen LogP contribution in [0.5, 0.6) is 0 Å².